The molecule has 2 fully saturated rings. The predicted octanol–water partition coefficient (Wildman–Crippen LogP) is 2.80. The van der Waals surface area contributed by atoms with Crippen LogP contribution in [0.2, 0.25) is 0 Å². The monoisotopic (exact) mass is 352 g/mol. The van der Waals surface area contributed by atoms with E-state index < -0.39 is 0 Å². The predicted molar refractivity (Wildman–Crippen MR) is 98.1 cm³/mol. The zero-order valence-electron chi connectivity index (χ0n) is 14.8. The number of benzene rings is 1. The van der Waals surface area contributed by atoms with Gasteiger partial charge in [0.2, 0.25) is 5.82 Å². The number of aromatic nitrogens is 4. The molecule has 0 saturated heterocycles. The third kappa shape index (κ3) is 3.98. The smallest absolute Gasteiger partial charge is 0.263 e. The van der Waals surface area contributed by atoms with Crippen LogP contribution in [0.5, 0.6) is 0 Å². The SMILES string of the molecule is O=C(Cn1nnc(-c2ccccc2)n1)N/N=C1/CC[C@@H]2CCCC[C@H]2C1. The molecular weight excluding hydrogens is 328 g/mol. The molecule has 4 rings (SSSR count). The molecule has 2 aliphatic carbocycles. The average molecular weight is 352 g/mol. The molecule has 2 aliphatic rings. The molecular formula is C19H24N6O. The number of nitrogens with zero attached hydrogens (tertiary/aromatic N) is 5. The Morgan fingerprint density at radius 3 is 2.81 bits per heavy atom. The van der Waals surface area contributed by atoms with Crippen LogP contribution in [-0.2, 0) is 11.3 Å². The van der Waals surface area contributed by atoms with Crippen molar-refractivity contribution in [2.45, 2.75) is 51.5 Å². The van der Waals surface area contributed by atoms with E-state index >= 15 is 0 Å². The quantitative estimate of drug-likeness (QED) is 0.858. The van der Waals surface area contributed by atoms with Gasteiger partial charge in [0.25, 0.3) is 5.91 Å². The number of amides is 1. The summed E-state index contributed by atoms with van der Waals surface area (Å²) >= 11 is 0. The van der Waals surface area contributed by atoms with Gasteiger partial charge in [0, 0.05) is 11.3 Å². The summed E-state index contributed by atoms with van der Waals surface area (Å²) in [5, 5.41) is 16.6. The second-order valence-corrected chi connectivity index (χ2v) is 7.27. The second kappa shape index (κ2) is 7.76. The first-order chi connectivity index (χ1) is 12.8. The Morgan fingerprint density at radius 2 is 1.96 bits per heavy atom. The molecule has 1 N–H and O–H groups in total. The minimum atomic E-state index is -0.222. The molecule has 2 atom stereocenters. The summed E-state index contributed by atoms with van der Waals surface area (Å²) in [6, 6.07) is 9.59. The maximum absolute atomic E-state index is 12.1. The van der Waals surface area contributed by atoms with Crippen molar-refractivity contribution in [3.05, 3.63) is 30.3 Å². The molecule has 7 nitrogen and oxygen atoms in total. The van der Waals surface area contributed by atoms with Crippen molar-refractivity contribution >= 4 is 11.6 Å². The van der Waals surface area contributed by atoms with Crippen LogP contribution in [0.1, 0.15) is 44.9 Å². The summed E-state index contributed by atoms with van der Waals surface area (Å²) < 4.78 is 0. The summed E-state index contributed by atoms with van der Waals surface area (Å²) in [4.78, 5) is 13.4. The topological polar surface area (TPSA) is 85.1 Å². The Hall–Kier alpha value is -2.57. The van der Waals surface area contributed by atoms with Gasteiger partial charge < -0.3 is 0 Å². The molecule has 2 saturated carbocycles. The first-order valence-corrected chi connectivity index (χ1v) is 9.45. The highest BCUT2D eigenvalue weighted by Gasteiger charge is 2.30. The van der Waals surface area contributed by atoms with Gasteiger partial charge in [0.05, 0.1) is 0 Å². The number of hydrogen-bond acceptors (Lipinski definition) is 5. The van der Waals surface area contributed by atoms with E-state index in [1.165, 1.54) is 36.9 Å². The summed E-state index contributed by atoms with van der Waals surface area (Å²) in [7, 11) is 0. The number of fused-ring (bicyclic) bond motifs is 1. The van der Waals surface area contributed by atoms with Crippen molar-refractivity contribution < 1.29 is 4.79 Å². The number of nitrogens with one attached hydrogen (secondary N) is 1. The largest absolute Gasteiger partial charge is 0.271 e. The van der Waals surface area contributed by atoms with Gasteiger partial charge in [-0.05, 0) is 42.7 Å². The highest BCUT2D eigenvalue weighted by atomic mass is 16.2. The molecule has 136 valence electrons. The molecule has 26 heavy (non-hydrogen) atoms. The standard InChI is InChI=1S/C19H24N6O/c26-18(13-25-23-19(22-24-25)15-7-2-1-3-8-15)21-20-17-11-10-14-6-4-5-9-16(14)12-17/h1-3,7-8,14,16H,4-6,9-13H2,(H,21,26)/b20-17-/t14-,16-/m0/s1. The molecule has 0 radical (unpaired) electrons. The minimum Gasteiger partial charge on any atom is -0.271 e. The third-order valence-electron chi connectivity index (χ3n) is 5.48. The Labute approximate surface area is 152 Å². The molecule has 0 unspecified atom stereocenters. The number of hydrazone groups is 1. The zero-order valence-corrected chi connectivity index (χ0v) is 14.8. The van der Waals surface area contributed by atoms with Crippen LogP contribution < -0.4 is 5.43 Å². The molecule has 1 heterocycles. The van der Waals surface area contributed by atoms with Crippen molar-refractivity contribution in [2.75, 3.05) is 0 Å². The number of tetrazole rings is 1. The number of rotatable bonds is 4. The molecule has 7 heteroatoms. The Kier molecular flexibility index (Phi) is 5.04. The number of carbonyl (C=O) groups excluding carboxylic acids is 1. The van der Waals surface area contributed by atoms with Gasteiger partial charge in [-0.3, -0.25) is 4.79 Å². The van der Waals surface area contributed by atoms with Crippen molar-refractivity contribution in [3.8, 4) is 11.4 Å². The van der Waals surface area contributed by atoms with Gasteiger partial charge in [-0.1, -0.05) is 49.6 Å². The lowest BCUT2D eigenvalue weighted by Crippen LogP contribution is -2.30. The first-order valence-electron chi connectivity index (χ1n) is 9.45. The molecule has 0 bridgehead atoms. The van der Waals surface area contributed by atoms with Gasteiger partial charge in [-0.2, -0.15) is 9.90 Å². The van der Waals surface area contributed by atoms with Crippen molar-refractivity contribution in [1.82, 2.24) is 25.6 Å². The highest BCUT2D eigenvalue weighted by Crippen LogP contribution is 2.39. The van der Waals surface area contributed by atoms with E-state index in [9.17, 15) is 4.79 Å². The molecule has 1 aromatic carbocycles. The molecule has 1 amide bonds. The van der Waals surface area contributed by atoms with Crippen LogP contribution in [0.15, 0.2) is 35.4 Å². The summed E-state index contributed by atoms with van der Waals surface area (Å²) in [5.74, 6) is 1.92. The van der Waals surface area contributed by atoms with E-state index in [0.29, 0.717) is 5.82 Å². The lowest BCUT2D eigenvalue weighted by Gasteiger charge is -2.35. The van der Waals surface area contributed by atoms with Crippen LogP contribution in [0.25, 0.3) is 11.4 Å². The third-order valence-corrected chi connectivity index (χ3v) is 5.48. The van der Waals surface area contributed by atoms with Gasteiger partial charge >= 0.3 is 0 Å². The summed E-state index contributed by atoms with van der Waals surface area (Å²) in [5.41, 5.74) is 4.67. The maximum Gasteiger partial charge on any atom is 0.263 e. The summed E-state index contributed by atoms with van der Waals surface area (Å²) in [6.07, 6.45) is 8.63. The van der Waals surface area contributed by atoms with Gasteiger partial charge in [-0.15, -0.1) is 10.2 Å². The van der Waals surface area contributed by atoms with Crippen LogP contribution in [-0.4, -0.2) is 31.8 Å². The van der Waals surface area contributed by atoms with Crippen LogP contribution in [0, 0.1) is 11.8 Å². The fourth-order valence-electron chi connectivity index (χ4n) is 4.11. The van der Waals surface area contributed by atoms with Gasteiger partial charge in [0.15, 0.2) is 0 Å². The Morgan fingerprint density at radius 1 is 1.15 bits per heavy atom. The van der Waals surface area contributed by atoms with E-state index in [2.05, 4.69) is 25.9 Å². The van der Waals surface area contributed by atoms with Crippen molar-refractivity contribution in [3.63, 3.8) is 0 Å². The van der Waals surface area contributed by atoms with E-state index in [0.717, 1.165) is 36.0 Å². The first kappa shape index (κ1) is 16.9. The number of hydrogen-bond donors (Lipinski definition) is 1. The van der Waals surface area contributed by atoms with Crippen molar-refractivity contribution in [1.29, 1.82) is 0 Å². The average Bonchev–Trinajstić information content (AvgIpc) is 3.15. The Bertz CT molecular complexity index is 784. The molecule has 0 aliphatic heterocycles. The minimum absolute atomic E-state index is 0.0165. The van der Waals surface area contributed by atoms with Crippen LogP contribution >= 0.6 is 0 Å². The maximum atomic E-state index is 12.1. The zero-order chi connectivity index (χ0) is 17.8. The highest BCUT2D eigenvalue weighted by molar-refractivity contribution is 5.87. The van der Waals surface area contributed by atoms with E-state index in [1.807, 2.05) is 30.3 Å². The molecule has 1 aromatic heterocycles. The van der Waals surface area contributed by atoms with Crippen LogP contribution in [0.4, 0.5) is 0 Å². The fourth-order valence-corrected chi connectivity index (χ4v) is 4.11. The summed E-state index contributed by atoms with van der Waals surface area (Å²) in [6.45, 7) is 0.0165. The lowest BCUT2D eigenvalue weighted by atomic mass is 9.70. The second-order valence-electron chi connectivity index (χ2n) is 7.27. The van der Waals surface area contributed by atoms with E-state index in [4.69, 9.17) is 0 Å². The van der Waals surface area contributed by atoms with E-state index in [-0.39, 0.29) is 12.5 Å². The van der Waals surface area contributed by atoms with Crippen LogP contribution in [0.3, 0.4) is 0 Å². The lowest BCUT2D eigenvalue weighted by molar-refractivity contribution is -0.122. The molecule has 2 aromatic rings. The normalized spacial score (nSPS) is 24.2. The Balaban J connectivity index is 1.31. The van der Waals surface area contributed by atoms with Gasteiger partial charge in [-0.25, -0.2) is 5.43 Å². The fraction of sp³-hybridized carbons (Fsp3) is 0.526. The number of carbonyl (C=O) groups is 1. The van der Waals surface area contributed by atoms with Gasteiger partial charge in [0.1, 0.15) is 6.54 Å². The van der Waals surface area contributed by atoms with Crippen molar-refractivity contribution in [2.24, 2.45) is 16.9 Å². The van der Waals surface area contributed by atoms with E-state index in [1.54, 1.807) is 0 Å². The molecule has 0 spiro atoms.